The van der Waals surface area contributed by atoms with E-state index in [0.29, 0.717) is 17.3 Å². The van der Waals surface area contributed by atoms with Crippen LogP contribution in [0.3, 0.4) is 0 Å². The van der Waals surface area contributed by atoms with Crippen LogP contribution in [0.1, 0.15) is 45.6 Å². The predicted molar refractivity (Wildman–Crippen MR) is 126 cm³/mol. The van der Waals surface area contributed by atoms with Gasteiger partial charge in [0.15, 0.2) is 5.11 Å². The van der Waals surface area contributed by atoms with Crippen molar-refractivity contribution >= 4 is 29.0 Å². The number of esters is 1. The van der Waals surface area contributed by atoms with Crippen LogP contribution in [0.15, 0.2) is 72.8 Å². The van der Waals surface area contributed by atoms with Crippen molar-refractivity contribution in [2.24, 2.45) is 0 Å². The molecule has 0 saturated heterocycles. The number of benzene rings is 3. The van der Waals surface area contributed by atoms with Crippen molar-refractivity contribution in [1.82, 2.24) is 5.32 Å². The normalized spacial score (nSPS) is 11.4. The van der Waals surface area contributed by atoms with E-state index in [-0.39, 0.29) is 12.0 Å². The summed E-state index contributed by atoms with van der Waals surface area (Å²) in [5.74, 6) is -0.323. The van der Waals surface area contributed by atoms with E-state index in [1.807, 2.05) is 31.2 Å². The number of rotatable bonds is 6. The first-order valence-corrected chi connectivity index (χ1v) is 10.4. The van der Waals surface area contributed by atoms with E-state index in [2.05, 4.69) is 54.0 Å². The number of anilines is 1. The molecule has 0 aliphatic rings. The Morgan fingerprint density at radius 2 is 1.70 bits per heavy atom. The smallest absolute Gasteiger partial charge is 0.338 e. The molecule has 154 valence electrons. The van der Waals surface area contributed by atoms with Crippen LogP contribution in [-0.4, -0.2) is 17.7 Å². The molecule has 4 nitrogen and oxygen atoms in total. The highest BCUT2D eigenvalue weighted by atomic mass is 32.1. The molecule has 0 radical (unpaired) electrons. The lowest BCUT2D eigenvalue weighted by Gasteiger charge is -2.23. The van der Waals surface area contributed by atoms with Crippen LogP contribution >= 0.6 is 12.2 Å². The molecule has 1 unspecified atom stereocenters. The second-order valence-corrected chi connectivity index (χ2v) is 7.51. The van der Waals surface area contributed by atoms with Crippen LogP contribution in [0.25, 0.3) is 0 Å². The van der Waals surface area contributed by atoms with Gasteiger partial charge in [0.25, 0.3) is 0 Å². The minimum atomic E-state index is -0.323. The molecule has 5 heteroatoms. The molecule has 2 N–H and O–H groups in total. The number of carbonyl (C=O) groups is 1. The Hall–Kier alpha value is -3.18. The van der Waals surface area contributed by atoms with Crippen molar-refractivity contribution in [1.29, 1.82) is 0 Å². The summed E-state index contributed by atoms with van der Waals surface area (Å²) >= 11 is 5.62. The third-order valence-corrected chi connectivity index (χ3v) is 4.99. The minimum Gasteiger partial charge on any atom is -0.462 e. The van der Waals surface area contributed by atoms with Crippen LogP contribution in [0.4, 0.5) is 5.69 Å². The third-order valence-electron chi connectivity index (χ3n) is 4.77. The molecule has 0 aromatic heterocycles. The summed E-state index contributed by atoms with van der Waals surface area (Å²) in [6.07, 6.45) is 0. The van der Waals surface area contributed by atoms with E-state index >= 15 is 0 Å². The summed E-state index contributed by atoms with van der Waals surface area (Å²) < 4.78 is 5.07. The van der Waals surface area contributed by atoms with Crippen LogP contribution < -0.4 is 10.6 Å². The van der Waals surface area contributed by atoms with Gasteiger partial charge in [-0.1, -0.05) is 60.2 Å². The molecule has 0 spiro atoms. The second kappa shape index (κ2) is 10.0. The molecule has 1 atom stereocenters. The first kappa shape index (κ1) is 21.5. The third kappa shape index (κ3) is 5.45. The summed E-state index contributed by atoms with van der Waals surface area (Å²) in [6, 6.07) is 23.9. The number of hydrogen-bond donors (Lipinski definition) is 2. The van der Waals surface area contributed by atoms with Crippen LogP contribution in [0.2, 0.25) is 0 Å². The summed E-state index contributed by atoms with van der Waals surface area (Å²) in [4.78, 5) is 11.9. The number of carbonyl (C=O) groups excluding carboxylic acids is 1. The van der Waals surface area contributed by atoms with Crippen molar-refractivity contribution in [2.45, 2.75) is 26.8 Å². The molecule has 0 amide bonds. The van der Waals surface area contributed by atoms with Gasteiger partial charge in [0.1, 0.15) is 0 Å². The van der Waals surface area contributed by atoms with E-state index in [4.69, 9.17) is 17.0 Å². The molecular formula is C25H26N2O2S. The van der Waals surface area contributed by atoms with E-state index in [1.165, 1.54) is 5.56 Å². The SMILES string of the molecule is CCOC(=O)c1ccc(NC(=S)NC(c2ccccc2)c2cccc(C)c2)c(C)c1. The Bertz CT molecular complexity index is 1030. The van der Waals surface area contributed by atoms with Crippen LogP contribution in [0, 0.1) is 13.8 Å². The first-order chi connectivity index (χ1) is 14.5. The molecule has 3 rings (SSSR count). The zero-order valence-corrected chi connectivity index (χ0v) is 18.3. The van der Waals surface area contributed by atoms with Crippen molar-refractivity contribution in [3.05, 3.63) is 101 Å². The monoisotopic (exact) mass is 418 g/mol. The maximum Gasteiger partial charge on any atom is 0.338 e. The lowest BCUT2D eigenvalue weighted by atomic mass is 9.97. The molecule has 0 aliphatic heterocycles. The van der Waals surface area contributed by atoms with Crippen LogP contribution in [0.5, 0.6) is 0 Å². The van der Waals surface area contributed by atoms with E-state index in [1.54, 1.807) is 19.1 Å². The Morgan fingerprint density at radius 3 is 2.37 bits per heavy atom. The van der Waals surface area contributed by atoms with E-state index < -0.39 is 0 Å². The Kier molecular flexibility index (Phi) is 7.20. The Labute approximate surface area is 183 Å². The van der Waals surface area contributed by atoms with Gasteiger partial charge >= 0.3 is 5.97 Å². The molecule has 0 heterocycles. The maximum atomic E-state index is 11.9. The van der Waals surface area contributed by atoms with Gasteiger partial charge in [-0.15, -0.1) is 0 Å². The van der Waals surface area contributed by atoms with Crippen molar-refractivity contribution in [3.8, 4) is 0 Å². The van der Waals surface area contributed by atoms with Crippen molar-refractivity contribution < 1.29 is 9.53 Å². The maximum absolute atomic E-state index is 11.9. The fraction of sp³-hybridized carbons (Fsp3) is 0.200. The number of hydrogen-bond acceptors (Lipinski definition) is 3. The van der Waals surface area contributed by atoms with Gasteiger partial charge in [-0.2, -0.15) is 0 Å². The van der Waals surface area contributed by atoms with Gasteiger partial charge in [-0.3, -0.25) is 0 Å². The zero-order valence-electron chi connectivity index (χ0n) is 17.4. The molecule has 0 fully saturated rings. The molecule has 3 aromatic carbocycles. The standard InChI is InChI=1S/C25H26N2O2S/c1-4-29-24(28)21-13-14-22(18(3)16-21)26-25(30)27-23(19-10-6-5-7-11-19)20-12-8-9-17(2)15-20/h5-16,23H,4H2,1-3H3,(H2,26,27,30). The average molecular weight is 419 g/mol. The van der Waals surface area contributed by atoms with Gasteiger partial charge in [0, 0.05) is 5.69 Å². The second-order valence-electron chi connectivity index (χ2n) is 7.11. The van der Waals surface area contributed by atoms with Crippen molar-refractivity contribution in [2.75, 3.05) is 11.9 Å². The molecule has 30 heavy (non-hydrogen) atoms. The first-order valence-electron chi connectivity index (χ1n) is 9.94. The molecule has 0 bridgehead atoms. The van der Waals surface area contributed by atoms with Gasteiger partial charge < -0.3 is 15.4 Å². The van der Waals surface area contributed by atoms with Crippen LogP contribution in [-0.2, 0) is 4.74 Å². The van der Waals surface area contributed by atoms with Gasteiger partial charge in [-0.05, 0) is 67.9 Å². The molecular weight excluding hydrogens is 392 g/mol. The average Bonchev–Trinajstić information content (AvgIpc) is 2.74. The quantitative estimate of drug-likeness (QED) is 0.406. The van der Waals surface area contributed by atoms with Gasteiger partial charge in [0.2, 0.25) is 0 Å². The zero-order chi connectivity index (χ0) is 21.5. The minimum absolute atomic E-state index is 0.0785. The van der Waals surface area contributed by atoms with E-state index in [0.717, 1.165) is 22.4 Å². The fourth-order valence-electron chi connectivity index (χ4n) is 3.29. The Morgan fingerprint density at radius 1 is 0.967 bits per heavy atom. The number of thiocarbonyl (C=S) groups is 1. The molecule has 0 saturated carbocycles. The lowest BCUT2D eigenvalue weighted by molar-refractivity contribution is 0.0526. The van der Waals surface area contributed by atoms with Gasteiger partial charge in [-0.25, -0.2) is 4.79 Å². The Balaban J connectivity index is 1.79. The highest BCUT2D eigenvalue weighted by molar-refractivity contribution is 7.80. The summed E-state index contributed by atoms with van der Waals surface area (Å²) in [5, 5.41) is 7.21. The summed E-state index contributed by atoms with van der Waals surface area (Å²) in [6.45, 7) is 6.16. The van der Waals surface area contributed by atoms with Gasteiger partial charge in [0.05, 0.1) is 18.2 Å². The number of nitrogens with one attached hydrogen (secondary N) is 2. The predicted octanol–water partition coefficient (Wildman–Crippen LogP) is 5.56. The van der Waals surface area contributed by atoms with Crippen molar-refractivity contribution in [3.63, 3.8) is 0 Å². The lowest BCUT2D eigenvalue weighted by Crippen LogP contribution is -2.33. The highest BCUT2D eigenvalue weighted by Crippen LogP contribution is 2.24. The fourth-order valence-corrected chi connectivity index (χ4v) is 3.52. The summed E-state index contributed by atoms with van der Waals surface area (Å²) in [5.41, 5.74) is 5.75. The number of ether oxygens (including phenoxy) is 1. The topological polar surface area (TPSA) is 50.4 Å². The largest absolute Gasteiger partial charge is 0.462 e. The molecule has 3 aromatic rings. The molecule has 0 aliphatic carbocycles. The highest BCUT2D eigenvalue weighted by Gasteiger charge is 2.16. The number of aryl methyl sites for hydroxylation is 2. The van der Waals surface area contributed by atoms with E-state index in [9.17, 15) is 4.79 Å². The summed E-state index contributed by atoms with van der Waals surface area (Å²) in [7, 11) is 0.